The maximum atomic E-state index is 12.3. The van der Waals surface area contributed by atoms with Crippen LogP contribution in [0, 0.1) is 5.95 Å². The van der Waals surface area contributed by atoms with Crippen LogP contribution in [0.3, 0.4) is 0 Å². The van der Waals surface area contributed by atoms with Gasteiger partial charge in [-0.05, 0) is 12.1 Å². The Labute approximate surface area is 84.2 Å². The number of rotatable bonds is 2. The van der Waals surface area contributed by atoms with Crippen LogP contribution in [0.2, 0.25) is 0 Å². The number of aromatic nitrogens is 1. The number of carbonyl (C=O) groups is 2. The largest absolute Gasteiger partial charge is 0.480 e. The van der Waals surface area contributed by atoms with Gasteiger partial charge < -0.3 is 15.9 Å². The number of carboxylic acids is 2. The molecule has 0 atom stereocenters. The molecule has 1 aromatic heterocycles. The predicted octanol–water partition coefficient (Wildman–Crippen LogP) is -0.0514. The van der Waals surface area contributed by atoms with Crippen molar-refractivity contribution in [1.82, 2.24) is 4.98 Å². The summed E-state index contributed by atoms with van der Waals surface area (Å²) in [6.45, 7) is -0.278. The second kappa shape index (κ2) is 6.44. The summed E-state index contributed by atoms with van der Waals surface area (Å²) in [6.07, 6.45) is 1.20. The number of pyridine rings is 1. The summed E-state index contributed by atoms with van der Waals surface area (Å²) in [5.74, 6) is -3.22. The third-order valence-electron chi connectivity index (χ3n) is 1.16. The highest BCUT2D eigenvalue weighted by Crippen LogP contribution is 2.01. The first-order chi connectivity index (χ1) is 6.99. The zero-order valence-electron chi connectivity index (χ0n) is 7.55. The van der Waals surface area contributed by atoms with Gasteiger partial charge in [-0.3, -0.25) is 4.79 Å². The van der Waals surface area contributed by atoms with E-state index in [9.17, 15) is 14.0 Å². The van der Waals surface area contributed by atoms with Gasteiger partial charge in [0.1, 0.15) is 5.56 Å². The Hall–Kier alpha value is -2.02. The van der Waals surface area contributed by atoms with Crippen molar-refractivity contribution in [1.29, 1.82) is 0 Å². The number of carboxylic acid groups (broad SMARTS) is 2. The van der Waals surface area contributed by atoms with Crippen molar-refractivity contribution in [2.75, 3.05) is 6.54 Å². The minimum atomic E-state index is -1.30. The van der Waals surface area contributed by atoms with E-state index in [1.807, 2.05) is 0 Å². The van der Waals surface area contributed by atoms with E-state index in [0.717, 1.165) is 6.07 Å². The molecule has 4 N–H and O–H groups in total. The first-order valence-corrected chi connectivity index (χ1v) is 3.74. The molecule has 0 aromatic carbocycles. The summed E-state index contributed by atoms with van der Waals surface area (Å²) < 4.78 is 12.3. The van der Waals surface area contributed by atoms with Crippen LogP contribution in [0.1, 0.15) is 10.4 Å². The molecule has 6 nitrogen and oxygen atoms in total. The zero-order valence-corrected chi connectivity index (χ0v) is 7.55. The predicted molar refractivity (Wildman–Crippen MR) is 47.8 cm³/mol. The fourth-order valence-corrected chi connectivity index (χ4v) is 0.546. The van der Waals surface area contributed by atoms with Crippen molar-refractivity contribution in [2.45, 2.75) is 0 Å². The maximum absolute atomic E-state index is 12.3. The van der Waals surface area contributed by atoms with Gasteiger partial charge in [0.2, 0.25) is 5.95 Å². The van der Waals surface area contributed by atoms with E-state index in [-0.39, 0.29) is 6.54 Å². The Kier molecular flexibility index (Phi) is 5.57. The first kappa shape index (κ1) is 13.0. The molecule has 0 radical (unpaired) electrons. The van der Waals surface area contributed by atoms with Crippen LogP contribution >= 0.6 is 0 Å². The van der Waals surface area contributed by atoms with Crippen molar-refractivity contribution >= 4 is 11.9 Å². The number of nitrogens with zero attached hydrogens (tertiary/aromatic N) is 1. The molecular formula is C8H9FN2O4. The third kappa shape index (κ3) is 5.32. The van der Waals surface area contributed by atoms with Gasteiger partial charge in [0.15, 0.2) is 0 Å². The summed E-state index contributed by atoms with van der Waals surface area (Å²) >= 11 is 0. The van der Waals surface area contributed by atoms with Gasteiger partial charge in [-0.25, -0.2) is 9.78 Å². The number of hydrogen-bond donors (Lipinski definition) is 3. The van der Waals surface area contributed by atoms with Crippen molar-refractivity contribution in [3.63, 3.8) is 0 Å². The summed E-state index contributed by atoms with van der Waals surface area (Å²) in [7, 11) is 0. The number of hydrogen-bond acceptors (Lipinski definition) is 4. The van der Waals surface area contributed by atoms with Crippen molar-refractivity contribution < 1.29 is 24.2 Å². The van der Waals surface area contributed by atoms with Crippen LogP contribution in [0.25, 0.3) is 0 Å². The highest BCUT2D eigenvalue weighted by molar-refractivity contribution is 5.87. The van der Waals surface area contributed by atoms with Gasteiger partial charge >= 0.3 is 11.9 Å². The van der Waals surface area contributed by atoms with Crippen LogP contribution in [-0.4, -0.2) is 33.7 Å². The molecular weight excluding hydrogens is 207 g/mol. The number of halogens is 1. The number of aromatic carboxylic acids is 1. The molecule has 0 fully saturated rings. The summed E-state index contributed by atoms with van der Waals surface area (Å²) in [6, 6.07) is 2.52. The molecule has 1 rings (SSSR count). The molecule has 1 aromatic rings. The molecule has 0 saturated heterocycles. The Morgan fingerprint density at radius 2 is 2.00 bits per heavy atom. The van der Waals surface area contributed by atoms with Gasteiger partial charge in [-0.15, -0.1) is 0 Å². The minimum absolute atomic E-state index is 0.278. The lowest BCUT2D eigenvalue weighted by Gasteiger charge is -1.91. The van der Waals surface area contributed by atoms with Crippen LogP contribution in [0.4, 0.5) is 4.39 Å². The lowest BCUT2D eigenvalue weighted by atomic mass is 10.3. The van der Waals surface area contributed by atoms with Crippen LogP contribution in [0.5, 0.6) is 0 Å². The Morgan fingerprint density at radius 1 is 1.47 bits per heavy atom. The first-order valence-electron chi connectivity index (χ1n) is 3.74. The molecule has 15 heavy (non-hydrogen) atoms. The average molecular weight is 216 g/mol. The summed E-state index contributed by atoms with van der Waals surface area (Å²) in [4.78, 5) is 22.5. The monoisotopic (exact) mass is 216 g/mol. The highest BCUT2D eigenvalue weighted by atomic mass is 19.1. The van der Waals surface area contributed by atoms with Crippen molar-refractivity contribution in [3.05, 3.63) is 29.8 Å². The van der Waals surface area contributed by atoms with E-state index in [1.165, 1.54) is 12.3 Å². The van der Waals surface area contributed by atoms with Crippen LogP contribution < -0.4 is 5.73 Å². The Bertz CT molecular complexity index is 356. The van der Waals surface area contributed by atoms with Gasteiger partial charge in [-0.1, -0.05) is 0 Å². The van der Waals surface area contributed by atoms with Crippen molar-refractivity contribution in [3.8, 4) is 0 Å². The molecule has 82 valence electrons. The third-order valence-corrected chi connectivity index (χ3v) is 1.16. The standard InChI is InChI=1S/C6H4FNO2.C2H5NO2/c7-5-4(6(9)10)2-1-3-8-5;3-1-2(4)5/h1-3H,(H,9,10);1,3H2,(H,4,5). The molecule has 1 heterocycles. The van der Waals surface area contributed by atoms with E-state index in [4.69, 9.17) is 10.2 Å². The smallest absolute Gasteiger partial charge is 0.340 e. The second-order valence-corrected chi connectivity index (χ2v) is 2.24. The number of aliphatic carboxylic acids is 1. The van der Waals surface area contributed by atoms with E-state index >= 15 is 0 Å². The van der Waals surface area contributed by atoms with E-state index in [0.29, 0.717) is 0 Å². The summed E-state index contributed by atoms with van der Waals surface area (Å²) in [5, 5.41) is 15.9. The Morgan fingerprint density at radius 3 is 2.27 bits per heavy atom. The van der Waals surface area contributed by atoms with E-state index < -0.39 is 23.4 Å². The summed E-state index contributed by atoms with van der Waals surface area (Å²) in [5.41, 5.74) is 4.17. The quantitative estimate of drug-likeness (QED) is 0.597. The normalized spacial score (nSPS) is 8.67. The molecule has 0 spiro atoms. The van der Waals surface area contributed by atoms with Crippen molar-refractivity contribution in [2.24, 2.45) is 5.73 Å². The van der Waals surface area contributed by atoms with Crippen LogP contribution in [-0.2, 0) is 4.79 Å². The van der Waals surface area contributed by atoms with Gasteiger partial charge in [0.05, 0.1) is 6.54 Å². The molecule has 7 heteroatoms. The molecule has 0 aliphatic heterocycles. The number of nitrogens with two attached hydrogens (primary N) is 1. The Balaban J connectivity index is 0.000000336. The average Bonchev–Trinajstić information content (AvgIpc) is 2.19. The van der Waals surface area contributed by atoms with Gasteiger partial charge in [0, 0.05) is 6.20 Å². The fraction of sp³-hybridized carbons (Fsp3) is 0.125. The molecule has 0 unspecified atom stereocenters. The lowest BCUT2D eigenvalue weighted by molar-refractivity contribution is -0.135. The fourth-order valence-electron chi connectivity index (χ4n) is 0.546. The maximum Gasteiger partial charge on any atom is 0.340 e. The van der Waals surface area contributed by atoms with E-state index in [1.54, 1.807) is 0 Å². The van der Waals surface area contributed by atoms with E-state index in [2.05, 4.69) is 10.7 Å². The molecule has 0 bridgehead atoms. The molecule has 0 aliphatic carbocycles. The second-order valence-electron chi connectivity index (χ2n) is 2.24. The van der Waals surface area contributed by atoms with Crippen LogP contribution in [0.15, 0.2) is 18.3 Å². The highest BCUT2D eigenvalue weighted by Gasteiger charge is 2.08. The minimum Gasteiger partial charge on any atom is -0.480 e. The lowest BCUT2D eigenvalue weighted by Crippen LogP contribution is -2.10. The molecule has 0 amide bonds. The zero-order chi connectivity index (χ0) is 11.8. The molecule has 0 aliphatic rings. The topological polar surface area (TPSA) is 114 Å². The van der Waals surface area contributed by atoms with Gasteiger partial charge in [-0.2, -0.15) is 4.39 Å². The molecule has 0 saturated carbocycles. The van der Waals surface area contributed by atoms with Gasteiger partial charge in [0.25, 0.3) is 0 Å². The SMILES string of the molecule is NCC(=O)O.O=C(O)c1cccnc1F.